The van der Waals surface area contributed by atoms with Crippen LogP contribution in [0.1, 0.15) is 19.8 Å². The van der Waals surface area contributed by atoms with Gasteiger partial charge in [-0.25, -0.2) is 0 Å². The smallest absolute Gasteiger partial charge is 0.258 e. The number of carbonyl (C=O) groups excluding carboxylic acids is 1. The molecule has 0 aromatic heterocycles. The van der Waals surface area contributed by atoms with Crippen molar-refractivity contribution in [3.63, 3.8) is 0 Å². The van der Waals surface area contributed by atoms with Gasteiger partial charge in [0.05, 0.1) is 13.7 Å². The van der Waals surface area contributed by atoms with E-state index in [-0.39, 0.29) is 12.5 Å². The summed E-state index contributed by atoms with van der Waals surface area (Å²) in [7, 11) is 1.61. The van der Waals surface area contributed by atoms with Crippen LogP contribution in [0.3, 0.4) is 0 Å². The van der Waals surface area contributed by atoms with E-state index in [4.69, 9.17) is 14.2 Å². The van der Waals surface area contributed by atoms with Crippen molar-refractivity contribution in [1.29, 1.82) is 0 Å². The number of amides is 1. The minimum absolute atomic E-state index is 0.00208. The molecule has 0 saturated heterocycles. The van der Waals surface area contributed by atoms with E-state index >= 15 is 0 Å². The van der Waals surface area contributed by atoms with Crippen molar-refractivity contribution in [3.8, 4) is 28.4 Å². The van der Waals surface area contributed by atoms with Gasteiger partial charge in [0.15, 0.2) is 6.61 Å². The van der Waals surface area contributed by atoms with E-state index in [1.165, 1.54) is 0 Å². The maximum absolute atomic E-state index is 11.8. The molecule has 1 N–H and O–H groups in total. The average molecular weight is 341 g/mol. The second-order valence-electron chi connectivity index (χ2n) is 5.99. The third-order valence-electron chi connectivity index (χ3n) is 3.91. The lowest BCUT2D eigenvalue weighted by Gasteiger charge is -2.12. The number of benzene rings is 2. The van der Waals surface area contributed by atoms with Gasteiger partial charge in [-0.05, 0) is 55.2 Å². The molecule has 0 unspecified atom stereocenters. The van der Waals surface area contributed by atoms with E-state index in [0.717, 1.165) is 29.7 Å². The summed E-state index contributed by atoms with van der Waals surface area (Å²) in [5, 5.41) is 2.91. The number of hydrogen-bond donors (Lipinski definition) is 1. The zero-order valence-electron chi connectivity index (χ0n) is 14.6. The molecule has 132 valence electrons. The van der Waals surface area contributed by atoms with Gasteiger partial charge in [-0.2, -0.15) is 0 Å². The highest BCUT2D eigenvalue weighted by atomic mass is 16.5. The molecule has 5 nitrogen and oxygen atoms in total. The van der Waals surface area contributed by atoms with Crippen molar-refractivity contribution in [2.75, 3.05) is 20.3 Å². The van der Waals surface area contributed by atoms with Crippen LogP contribution in [0, 0.1) is 0 Å². The fraction of sp³-hybridized carbons (Fsp3) is 0.350. The Morgan fingerprint density at radius 2 is 1.80 bits per heavy atom. The Hall–Kier alpha value is -2.69. The summed E-state index contributed by atoms with van der Waals surface area (Å²) < 4.78 is 16.6. The highest BCUT2D eigenvalue weighted by molar-refractivity contribution is 5.78. The number of hydrogen-bond acceptors (Lipinski definition) is 4. The van der Waals surface area contributed by atoms with Crippen LogP contribution < -0.4 is 19.5 Å². The van der Waals surface area contributed by atoms with Gasteiger partial charge in [-0.1, -0.05) is 12.1 Å². The first kappa shape index (κ1) is 17.1. The quantitative estimate of drug-likeness (QED) is 0.799. The van der Waals surface area contributed by atoms with Gasteiger partial charge in [0.2, 0.25) is 0 Å². The summed E-state index contributed by atoms with van der Waals surface area (Å²) >= 11 is 0. The first-order valence-corrected chi connectivity index (χ1v) is 8.52. The monoisotopic (exact) mass is 341 g/mol. The minimum atomic E-state index is -0.0924. The Balaban J connectivity index is 1.76. The minimum Gasteiger partial charge on any atom is -0.497 e. The topological polar surface area (TPSA) is 56.8 Å². The molecule has 0 spiro atoms. The highest BCUT2D eigenvalue weighted by Gasteiger charge is 2.23. The largest absolute Gasteiger partial charge is 0.497 e. The average Bonchev–Trinajstić information content (AvgIpc) is 3.44. The molecular formula is C20H23NO4. The standard InChI is InChI=1S/C20H23NO4/c1-3-24-17-6-4-5-14(9-17)15-10-18(23-2)12-19(11-15)25-13-20(22)21-16-7-8-16/h4-6,9-12,16H,3,7-8,13H2,1-2H3,(H,21,22). The van der Waals surface area contributed by atoms with Gasteiger partial charge in [0.25, 0.3) is 5.91 Å². The lowest BCUT2D eigenvalue weighted by Crippen LogP contribution is -2.30. The summed E-state index contributed by atoms with van der Waals surface area (Å²) in [6.45, 7) is 2.57. The Morgan fingerprint density at radius 1 is 1.04 bits per heavy atom. The Morgan fingerprint density at radius 3 is 2.52 bits per heavy atom. The number of nitrogens with one attached hydrogen (secondary N) is 1. The molecule has 0 heterocycles. The highest BCUT2D eigenvalue weighted by Crippen LogP contribution is 2.31. The molecule has 1 amide bonds. The van der Waals surface area contributed by atoms with Crippen LogP contribution in [0.15, 0.2) is 42.5 Å². The van der Waals surface area contributed by atoms with Crippen molar-refractivity contribution in [3.05, 3.63) is 42.5 Å². The van der Waals surface area contributed by atoms with Crippen LogP contribution in [0.2, 0.25) is 0 Å². The molecule has 1 saturated carbocycles. The molecule has 2 aromatic carbocycles. The van der Waals surface area contributed by atoms with E-state index in [1.54, 1.807) is 13.2 Å². The van der Waals surface area contributed by atoms with Crippen LogP contribution in [-0.2, 0) is 4.79 Å². The molecule has 0 bridgehead atoms. The fourth-order valence-corrected chi connectivity index (χ4v) is 2.52. The van der Waals surface area contributed by atoms with E-state index < -0.39 is 0 Å². The molecule has 25 heavy (non-hydrogen) atoms. The van der Waals surface area contributed by atoms with Crippen molar-refractivity contribution in [2.45, 2.75) is 25.8 Å². The second-order valence-corrected chi connectivity index (χ2v) is 5.99. The number of methoxy groups -OCH3 is 1. The predicted molar refractivity (Wildman–Crippen MR) is 96.3 cm³/mol. The van der Waals surface area contributed by atoms with E-state index in [0.29, 0.717) is 24.1 Å². The second kappa shape index (κ2) is 7.92. The molecule has 5 heteroatoms. The Kier molecular flexibility index (Phi) is 5.43. The van der Waals surface area contributed by atoms with Crippen LogP contribution >= 0.6 is 0 Å². The van der Waals surface area contributed by atoms with Crippen LogP contribution in [-0.4, -0.2) is 32.3 Å². The van der Waals surface area contributed by atoms with Crippen LogP contribution in [0.5, 0.6) is 17.2 Å². The number of ether oxygens (including phenoxy) is 3. The van der Waals surface area contributed by atoms with Crippen molar-refractivity contribution >= 4 is 5.91 Å². The zero-order valence-corrected chi connectivity index (χ0v) is 14.6. The number of rotatable bonds is 8. The summed E-state index contributed by atoms with van der Waals surface area (Å²) in [5.74, 6) is 2.00. The van der Waals surface area contributed by atoms with Crippen LogP contribution in [0.4, 0.5) is 0 Å². The zero-order chi connectivity index (χ0) is 17.6. The maximum Gasteiger partial charge on any atom is 0.258 e. The molecule has 0 radical (unpaired) electrons. The van der Waals surface area contributed by atoms with Crippen LogP contribution in [0.25, 0.3) is 11.1 Å². The van der Waals surface area contributed by atoms with Gasteiger partial charge < -0.3 is 19.5 Å². The first-order valence-electron chi connectivity index (χ1n) is 8.52. The summed E-state index contributed by atoms with van der Waals surface area (Å²) in [6.07, 6.45) is 2.12. The fourth-order valence-electron chi connectivity index (χ4n) is 2.52. The van der Waals surface area contributed by atoms with Crippen molar-refractivity contribution in [2.24, 2.45) is 0 Å². The maximum atomic E-state index is 11.8. The van der Waals surface area contributed by atoms with Gasteiger partial charge in [0.1, 0.15) is 17.2 Å². The molecule has 1 fully saturated rings. The van der Waals surface area contributed by atoms with Gasteiger partial charge >= 0.3 is 0 Å². The third-order valence-corrected chi connectivity index (χ3v) is 3.91. The molecule has 3 rings (SSSR count). The summed E-state index contributed by atoms with van der Waals surface area (Å²) in [4.78, 5) is 11.8. The van der Waals surface area contributed by atoms with E-state index in [9.17, 15) is 4.79 Å². The molecule has 0 aliphatic heterocycles. The van der Waals surface area contributed by atoms with Gasteiger partial charge in [-0.3, -0.25) is 4.79 Å². The molecule has 1 aliphatic carbocycles. The Labute approximate surface area is 147 Å². The molecule has 2 aromatic rings. The third kappa shape index (κ3) is 4.89. The molecule has 0 atom stereocenters. The van der Waals surface area contributed by atoms with E-state index in [1.807, 2.05) is 43.3 Å². The lowest BCUT2D eigenvalue weighted by molar-refractivity contribution is -0.123. The lowest BCUT2D eigenvalue weighted by atomic mass is 10.0. The number of carbonyl (C=O) groups is 1. The van der Waals surface area contributed by atoms with Gasteiger partial charge in [0, 0.05) is 12.1 Å². The SMILES string of the molecule is CCOc1cccc(-c2cc(OC)cc(OCC(=O)NC3CC3)c2)c1. The predicted octanol–water partition coefficient (Wildman–Crippen LogP) is 3.42. The van der Waals surface area contributed by atoms with E-state index in [2.05, 4.69) is 5.32 Å². The normalized spacial score (nSPS) is 13.2. The van der Waals surface area contributed by atoms with Crippen molar-refractivity contribution < 1.29 is 19.0 Å². The Bertz CT molecular complexity index is 740. The van der Waals surface area contributed by atoms with Crippen molar-refractivity contribution in [1.82, 2.24) is 5.32 Å². The first-order chi connectivity index (χ1) is 12.2. The summed E-state index contributed by atoms with van der Waals surface area (Å²) in [6, 6.07) is 13.8. The molecule has 1 aliphatic rings. The molecular weight excluding hydrogens is 318 g/mol. The summed E-state index contributed by atoms with van der Waals surface area (Å²) in [5.41, 5.74) is 1.94. The van der Waals surface area contributed by atoms with Gasteiger partial charge in [-0.15, -0.1) is 0 Å².